The van der Waals surface area contributed by atoms with E-state index in [1.54, 1.807) is 6.07 Å². The molecular weight excluding hydrogens is 372 g/mol. The molecule has 1 unspecified atom stereocenters. The summed E-state index contributed by atoms with van der Waals surface area (Å²) >= 11 is 0. The molecule has 1 aliphatic rings. The van der Waals surface area contributed by atoms with Crippen LogP contribution >= 0.6 is 0 Å². The summed E-state index contributed by atoms with van der Waals surface area (Å²) in [6.07, 6.45) is 3.17. The van der Waals surface area contributed by atoms with Crippen LogP contribution in [-0.4, -0.2) is 35.0 Å². The van der Waals surface area contributed by atoms with Gasteiger partial charge in [0.1, 0.15) is 5.75 Å². The number of hydrogen-bond donors (Lipinski definition) is 2. The number of aromatic hydroxyl groups is 1. The summed E-state index contributed by atoms with van der Waals surface area (Å²) in [5, 5.41) is 13.3. The van der Waals surface area contributed by atoms with E-state index in [4.69, 9.17) is 0 Å². The predicted octanol–water partition coefficient (Wildman–Crippen LogP) is 4.84. The molecule has 0 spiro atoms. The van der Waals surface area contributed by atoms with Gasteiger partial charge in [-0.05, 0) is 48.7 Å². The molecule has 1 heterocycles. The maximum Gasteiger partial charge on any atom is 0.251 e. The van der Waals surface area contributed by atoms with Crippen molar-refractivity contribution < 1.29 is 9.90 Å². The molecule has 3 aromatic carbocycles. The van der Waals surface area contributed by atoms with Gasteiger partial charge in [0.15, 0.2) is 0 Å². The van der Waals surface area contributed by atoms with Gasteiger partial charge in [-0.2, -0.15) is 0 Å². The molecule has 0 aliphatic carbocycles. The maximum absolute atomic E-state index is 12.8. The minimum absolute atomic E-state index is 0.0241. The molecule has 0 radical (unpaired) electrons. The van der Waals surface area contributed by atoms with Gasteiger partial charge in [-0.3, -0.25) is 9.69 Å². The van der Waals surface area contributed by atoms with E-state index in [0.29, 0.717) is 17.9 Å². The van der Waals surface area contributed by atoms with Gasteiger partial charge in [0.05, 0.1) is 0 Å². The summed E-state index contributed by atoms with van der Waals surface area (Å²) in [7, 11) is 0. The van der Waals surface area contributed by atoms with Crippen molar-refractivity contribution in [1.29, 1.82) is 0 Å². The summed E-state index contributed by atoms with van der Waals surface area (Å²) in [4.78, 5) is 15.1. The number of likely N-dealkylation sites (tertiary alicyclic amines) is 1. The lowest BCUT2D eigenvalue weighted by atomic mass is 10.0. The lowest BCUT2D eigenvalue weighted by Crippen LogP contribution is -2.42. The number of para-hydroxylation sites is 1. The summed E-state index contributed by atoms with van der Waals surface area (Å²) < 4.78 is 0. The summed E-state index contributed by atoms with van der Waals surface area (Å²) in [5.74, 6) is 0.310. The second-order valence-electron chi connectivity index (χ2n) is 7.97. The lowest BCUT2D eigenvalue weighted by molar-refractivity contribution is 0.0925. The van der Waals surface area contributed by atoms with Crippen LogP contribution in [-0.2, 0) is 6.54 Å². The molecule has 154 valence electrons. The van der Waals surface area contributed by atoms with Crippen LogP contribution in [0.15, 0.2) is 78.9 Å². The van der Waals surface area contributed by atoms with Gasteiger partial charge in [0.2, 0.25) is 0 Å². The van der Waals surface area contributed by atoms with Crippen molar-refractivity contribution in [1.82, 2.24) is 10.2 Å². The minimum atomic E-state index is -0.0241. The number of benzene rings is 3. The fourth-order valence-corrected chi connectivity index (χ4v) is 4.08. The Bertz CT molecular complexity index is 970. The number of nitrogens with zero attached hydrogens (tertiary/aromatic N) is 1. The highest BCUT2D eigenvalue weighted by atomic mass is 16.3. The van der Waals surface area contributed by atoms with Crippen LogP contribution in [0.25, 0.3) is 11.1 Å². The molecule has 1 amide bonds. The Kier molecular flexibility index (Phi) is 6.45. The number of carbonyl (C=O) groups excluding carboxylic acids is 1. The Morgan fingerprint density at radius 2 is 1.60 bits per heavy atom. The smallest absolute Gasteiger partial charge is 0.251 e. The maximum atomic E-state index is 12.8. The second kappa shape index (κ2) is 9.59. The molecule has 1 saturated heterocycles. The van der Waals surface area contributed by atoms with Crippen molar-refractivity contribution in [2.75, 3.05) is 13.1 Å². The van der Waals surface area contributed by atoms with Crippen molar-refractivity contribution in [3.63, 3.8) is 0 Å². The zero-order chi connectivity index (χ0) is 20.8. The molecule has 2 N–H and O–H groups in total. The summed E-state index contributed by atoms with van der Waals surface area (Å²) in [5.41, 5.74) is 3.87. The van der Waals surface area contributed by atoms with E-state index < -0.39 is 0 Å². The molecule has 1 aliphatic heterocycles. The van der Waals surface area contributed by atoms with Gasteiger partial charge in [0, 0.05) is 30.3 Å². The first-order valence-corrected chi connectivity index (χ1v) is 10.6. The number of amides is 1. The highest BCUT2D eigenvalue weighted by molar-refractivity contribution is 5.94. The largest absolute Gasteiger partial charge is 0.508 e. The molecule has 30 heavy (non-hydrogen) atoms. The second-order valence-corrected chi connectivity index (χ2v) is 7.97. The molecule has 4 nitrogen and oxygen atoms in total. The van der Waals surface area contributed by atoms with E-state index in [2.05, 4.69) is 22.3 Å². The first-order valence-electron chi connectivity index (χ1n) is 10.6. The molecule has 0 aromatic heterocycles. The van der Waals surface area contributed by atoms with E-state index in [0.717, 1.165) is 49.0 Å². The van der Waals surface area contributed by atoms with Crippen molar-refractivity contribution in [3.05, 3.63) is 90.0 Å². The van der Waals surface area contributed by atoms with Gasteiger partial charge in [0.25, 0.3) is 5.91 Å². The topological polar surface area (TPSA) is 52.6 Å². The SMILES string of the molecule is O=C(NC1CCCCN(Cc2ccccc2O)C1)c1ccc(-c2ccccc2)cc1. The number of carbonyl (C=O) groups is 1. The average Bonchev–Trinajstić information content (AvgIpc) is 3.01. The third kappa shape index (κ3) is 5.08. The first-order chi connectivity index (χ1) is 14.7. The molecule has 1 fully saturated rings. The molecule has 0 bridgehead atoms. The van der Waals surface area contributed by atoms with E-state index in [1.165, 1.54) is 0 Å². The van der Waals surface area contributed by atoms with Crippen LogP contribution in [0.4, 0.5) is 0 Å². The zero-order valence-electron chi connectivity index (χ0n) is 17.1. The number of hydrogen-bond acceptors (Lipinski definition) is 3. The normalized spacial score (nSPS) is 17.3. The van der Waals surface area contributed by atoms with Gasteiger partial charge in [-0.1, -0.05) is 67.1 Å². The number of rotatable bonds is 5. The Morgan fingerprint density at radius 3 is 2.37 bits per heavy atom. The fourth-order valence-electron chi connectivity index (χ4n) is 4.08. The van der Waals surface area contributed by atoms with Gasteiger partial charge in [-0.15, -0.1) is 0 Å². The number of phenols is 1. The first kappa shape index (κ1) is 20.2. The van der Waals surface area contributed by atoms with E-state index in [9.17, 15) is 9.90 Å². The van der Waals surface area contributed by atoms with Gasteiger partial charge in [-0.25, -0.2) is 0 Å². The van der Waals surface area contributed by atoms with Crippen molar-refractivity contribution in [2.24, 2.45) is 0 Å². The van der Waals surface area contributed by atoms with Crippen LogP contribution in [0.5, 0.6) is 5.75 Å². The average molecular weight is 401 g/mol. The van der Waals surface area contributed by atoms with Crippen molar-refractivity contribution in [2.45, 2.75) is 31.8 Å². The summed E-state index contributed by atoms with van der Waals surface area (Å²) in [6.45, 7) is 2.47. The highest BCUT2D eigenvalue weighted by Gasteiger charge is 2.21. The van der Waals surface area contributed by atoms with Crippen molar-refractivity contribution in [3.8, 4) is 16.9 Å². The van der Waals surface area contributed by atoms with Gasteiger partial charge < -0.3 is 10.4 Å². The van der Waals surface area contributed by atoms with Crippen LogP contribution in [0, 0.1) is 0 Å². The quantitative estimate of drug-likeness (QED) is 0.644. The van der Waals surface area contributed by atoms with Crippen LogP contribution in [0.2, 0.25) is 0 Å². The van der Waals surface area contributed by atoms with E-state index in [-0.39, 0.29) is 11.9 Å². The van der Waals surface area contributed by atoms with E-state index >= 15 is 0 Å². The minimum Gasteiger partial charge on any atom is -0.508 e. The Balaban J connectivity index is 1.39. The molecule has 0 saturated carbocycles. The molecule has 1 atom stereocenters. The third-order valence-corrected chi connectivity index (χ3v) is 5.73. The molecule has 4 rings (SSSR count). The molecule has 3 aromatic rings. The number of nitrogens with one attached hydrogen (secondary N) is 1. The lowest BCUT2D eigenvalue weighted by Gasteiger charge is -2.25. The van der Waals surface area contributed by atoms with Crippen LogP contribution < -0.4 is 5.32 Å². The Labute approximate surface area is 178 Å². The highest BCUT2D eigenvalue weighted by Crippen LogP contribution is 2.21. The molecule has 4 heteroatoms. The van der Waals surface area contributed by atoms with Crippen LogP contribution in [0.3, 0.4) is 0 Å². The standard InChI is InChI=1S/C26H28N2O2/c29-25-12-5-4-10-23(25)18-28-17-7-6-11-24(19-28)27-26(30)22-15-13-21(14-16-22)20-8-2-1-3-9-20/h1-5,8-10,12-16,24,29H,6-7,11,17-19H2,(H,27,30). The van der Waals surface area contributed by atoms with E-state index in [1.807, 2.05) is 60.7 Å². The van der Waals surface area contributed by atoms with Crippen LogP contribution in [0.1, 0.15) is 35.2 Å². The predicted molar refractivity (Wildman–Crippen MR) is 120 cm³/mol. The fraction of sp³-hybridized carbons (Fsp3) is 0.269. The van der Waals surface area contributed by atoms with Crippen molar-refractivity contribution >= 4 is 5.91 Å². The Hall–Kier alpha value is -3.11. The third-order valence-electron chi connectivity index (χ3n) is 5.73. The summed E-state index contributed by atoms with van der Waals surface area (Å²) in [6, 6.07) is 25.6. The van der Waals surface area contributed by atoms with Gasteiger partial charge >= 0.3 is 0 Å². The Morgan fingerprint density at radius 1 is 0.900 bits per heavy atom. The molecular formula is C26H28N2O2. The number of phenolic OH excluding ortho intramolecular Hbond substituents is 1. The zero-order valence-corrected chi connectivity index (χ0v) is 17.1. The monoisotopic (exact) mass is 400 g/mol.